The number of halogens is 14. The molecule has 0 aromatic heterocycles. The number of ether oxygens (including phenoxy) is 2. The van der Waals surface area contributed by atoms with Gasteiger partial charge < -0.3 is 56.7 Å². The second-order valence-electron chi connectivity index (χ2n) is 21.8. The maximum absolute atomic E-state index is 13.4. The molecule has 105 heavy (non-hydrogen) atoms. The normalized spacial score (nSPS) is 15.0. The summed E-state index contributed by atoms with van der Waals surface area (Å²) in [5, 5.41) is 54.9. The van der Waals surface area contributed by atoms with Gasteiger partial charge in [-0.25, -0.2) is 0 Å². The standard InChI is InChI=1S/C22H18ClNO2.C16H11ClF3NO3.C9H6ClNO2.C7H4BrF3O.C7H8ClN.C6H6O.C2H6O2.CHF3O3S.2CH4/c1-13-3-5-15(6-4-13)22(16-7-9-17(25)10-8-16)18-11-12-19(23)14(2)20(18)24-21(22)26;1-8-12(17)7-6-11-13(8)21-14(22)15(11,23)9-2-4-10(5-3-9)24-16(18,19)20;1-4-6(10)3-2-5-7(4)11-9(13)8(5)12;8-5-1-3-6(4-2-5)12-7(9,10)11;1-5-6(8)3-2-4-7(5)9;7-6-4-2-1-3-5-6;1-2(3)4;2-1(3,4)8(5,6)7;;/h3-12,25H,1-2H3,(H,24,26);2-7,23H,1H3,(H,21,22);2-3H,1H3,(H,11,12,13);1-4H;2-4H,9H2,1H3;1-5,7H;2-4H,1H3;(H,5,6,7);2*1H4. The van der Waals surface area contributed by atoms with Crippen LogP contribution < -0.4 is 31.2 Å². The number of aliphatic hydroxyl groups excluding tert-OH is 1. The molecule has 12 rings (SSSR count). The lowest BCUT2D eigenvalue weighted by Gasteiger charge is -2.29. The second kappa shape index (κ2) is 37.7. The molecule has 3 heterocycles. The van der Waals surface area contributed by atoms with Crippen molar-refractivity contribution in [2.45, 2.75) is 91.9 Å². The number of amides is 3. The monoisotopic (exact) mass is 1630 g/mol. The van der Waals surface area contributed by atoms with Gasteiger partial charge in [0.2, 0.25) is 5.91 Å². The van der Waals surface area contributed by atoms with Gasteiger partial charge >= 0.3 is 28.4 Å². The first-order chi connectivity index (χ1) is 47.7. The van der Waals surface area contributed by atoms with Crippen LogP contribution in [0.15, 0.2) is 186 Å². The number of fused-ring (bicyclic) bond motifs is 3. The number of aliphatic hydroxyl groups is 3. The summed E-state index contributed by atoms with van der Waals surface area (Å²) in [5.74, 6) is -2.07. The molecule has 3 amide bonds. The molecule has 3 aliphatic heterocycles. The number of alkyl halides is 9. The zero-order valence-corrected chi connectivity index (χ0v) is 59.6. The fraction of sp³-hybridized carbons (Fsp3) is 0.194. The highest BCUT2D eigenvalue weighted by Gasteiger charge is 2.51. The Hall–Kier alpha value is -9.14. The molecule has 3 aliphatic rings. The van der Waals surface area contributed by atoms with Crippen LogP contribution >= 0.6 is 62.3 Å². The number of aryl methyl sites for hydroxylation is 1. The van der Waals surface area contributed by atoms with Crippen LogP contribution in [-0.4, -0.2) is 86.5 Å². The van der Waals surface area contributed by atoms with Crippen LogP contribution in [0.3, 0.4) is 0 Å². The van der Waals surface area contributed by atoms with Crippen molar-refractivity contribution in [2.75, 3.05) is 21.7 Å². The molecule has 0 saturated heterocycles. The Morgan fingerprint density at radius 1 is 0.495 bits per heavy atom. The molecule has 0 bridgehead atoms. The van der Waals surface area contributed by atoms with Crippen molar-refractivity contribution in [3.8, 4) is 23.0 Å². The molecule has 2 atom stereocenters. The number of nitrogens with one attached hydrogen (secondary N) is 3. The van der Waals surface area contributed by atoms with E-state index in [4.69, 9.17) is 80.4 Å². The third kappa shape index (κ3) is 23.9. The summed E-state index contributed by atoms with van der Waals surface area (Å²) in [4.78, 5) is 47.9. The molecule has 18 nitrogen and oxygen atoms in total. The zero-order valence-electron chi connectivity index (χ0n) is 54.1. The molecule has 0 saturated carbocycles. The molecule has 0 spiro atoms. The SMILES string of the molecule is C.C.CC(O)O.Cc1c(Cl)ccc2c1NC(=O)C2(O)c1ccc(OC(F)(F)F)cc1.Cc1c(Cl)ccc2c1NC(=O)C2=O.Cc1c(N)cccc1Cl.Cc1ccc(C2(c3ccc(O)cc3)C(=O)Nc3c2ccc(Cl)c3C)cc1.FC(F)(F)Oc1ccc(Br)cc1.O=S(=O)(O)C(F)(F)F.Oc1ccccc1. The second-order valence-corrected chi connectivity index (χ2v) is 25.7. The summed E-state index contributed by atoms with van der Waals surface area (Å²) < 4.78 is 137. The van der Waals surface area contributed by atoms with Gasteiger partial charge in [0.05, 0.1) is 22.6 Å². The highest BCUT2D eigenvalue weighted by atomic mass is 79.9. The van der Waals surface area contributed by atoms with E-state index < -0.39 is 69.0 Å². The van der Waals surface area contributed by atoms with E-state index in [-0.39, 0.29) is 37.8 Å². The van der Waals surface area contributed by atoms with Crippen LogP contribution in [0.2, 0.25) is 20.1 Å². The average Bonchev–Trinajstić information content (AvgIpc) is 1.58. The van der Waals surface area contributed by atoms with Gasteiger partial charge in [-0.2, -0.15) is 21.6 Å². The van der Waals surface area contributed by atoms with Crippen LogP contribution in [0.5, 0.6) is 23.0 Å². The van der Waals surface area contributed by atoms with Gasteiger partial charge in [0, 0.05) is 41.4 Å². The van der Waals surface area contributed by atoms with Crippen molar-refractivity contribution in [1.29, 1.82) is 0 Å². The van der Waals surface area contributed by atoms with Crippen LogP contribution in [-0.2, 0) is 35.5 Å². The van der Waals surface area contributed by atoms with E-state index in [1.807, 2.05) is 81.4 Å². The Bertz CT molecular complexity index is 4540. The number of hydrogen-bond acceptors (Lipinski definition) is 14. The van der Waals surface area contributed by atoms with E-state index in [2.05, 4.69) is 41.4 Å². The average molecular weight is 1640 g/mol. The fourth-order valence-electron chi connectivity index (χ4n) is 9.42. The predicted molar refractivity (Wildman–Crippen MR) is 389 cm³/mol. The minimum Gasteiger partial charge on any atom is -0.508 e. The molecule has 33 heteroatoms. The molecule has 564 valence electrons. The number of benzene rings is 9. The van der Waals surface area contributed by atoms with Crippen molar-refractivity contribution < 1.29 is 107 Å². The van der Waals surface area contributed by atoms with E-state index >= 15 is 0 Å². The molecule has 9 aromatic rings. The van der Waals surface area contributed by atoms with Crippen molar-refractivity contribution in [1.82, 2.24) is 0 Å². The van der Waals surface area contributed by atoms with E-state index in [1.165, 1.54) is 49.4 Å². The first-order valence-electron chi connectivity index (χ1n) is 29.2. The van der Waals surface area contributed by atoms with E-state index in [9.17, 15) is 68.9 Å². The number of ketones is 1. The predicted octanol–water partition coefficient (Wildman–Crippen LogP) is 18.4. The molecule has 11 N–H and O–H groups in total. The van der Waals surface area contributed by atoms with Gasteiger partial charge in [-0.15, -0.1) is 26.3 Å². The van der Waals surface area contributed by atoms with Gasteiger partial charge in [0.1, 0.15) is 34.7 Å². The summed E-state index contributed by atoms with van der Waals surface area (Å²) in [5.41, 5.74) is 7.10. The number of aromatic hydroxyl groups is 2. The number of carbonyl (C=O) groups excluding carboxylic acids is 4. The molecular weight excluding hydrogens is 1570 g/mol. The number of carbonyl (C=O) groups is 4. The fourth-order valence-corrected chi connectivity index (χ4v) is 10.3. The maximum Gasteiger partial charge on any atom is 0.573 e. The number of nitrogens with two attached hydrogens (primary N) is 1. The lowest BCUT2D eigenvalue weighted by molar-refractivity contribution is -0.275. The minimum atomic E-state index is -5.84. The number of anilines is 4. The minimum absolute atomic E-state index is 0. The smallest absolute Gasteiger partial charge is 0.508 e. The van der Waals surface area contributed by atoms with Gasteiger partial charge in [-0.1, -0.05) is 168 Å². The molecule has 0 aliphatic carbocycles. The Morgan fingerprint density at radius 3 is 1.30 bits per heavy atom. The Balaban J connectivity index is 0.000000331. The summed E-state index contributed by atoms with van der Waals surface area (Å²) in [6.07, 6.45) is -10.6. The zero-order chi connectivity index (χ0) is 77.5. The molecule has 0 radical (unpaired) electrons. The number of phenolic OH excluding ortho intramolecular Hbond substituents is 2. The molecular formula is C72H68BrCl4F9N4O14S. The van der Waals surface area contributed by atoms with Crippen molar-refractivity contribution in [3.05, 3.63) is 268 Å². The van der Waals surface area contributed by atoms with E-state index in [0.29, 0.717) is 53.4 Å². The highest BCUT2D eigenvalue weighted by Crippen LogP contribution is 2.50. The molecule has 9 aromatic carbocycles. The highest BCUT2D eigenvalue weighted by molar-refractivity contribution is 9.10. The van der Waals surface area contributed by atoms with Crippen LogP contribution in [0, 0.1) is 34.6 Å². The van der Waals surface area contributed by atoms with Gasteiger partial charge in [0.15, 0.2) is 5.60 Å². The lowest BCUT2D eigenvalue weighted by atomic mass is 9.70. The Morgan fingerprint density at radius 2 is 0.876 bits per heavy atom. The number of hydrogen-bond donors (Lipinski definition) is 10. The number of phenols is 2. The number of para-hydroxylation sites is 1. The van der Waals surface area contributed by atoms with Gasteiger partial charge in [0.25, 0.3) is 17.6 Å². The van der Waals surface area contributed by atoms with Gasteiger partial charge in [-0.3, -0.25) is 23.7 Å². The van der Waals surface area contributed by atoms with E-state index in [1.54, 1.807) is 80.6 Å². The topological polar surface area (TPSA) is 304 Å². The first-order valence-corrected chi connectivity index (χ1v) is 33.0. The third-order valence-corrected chi connectivity index (χ3v) is 17.3. The molecule has 2 unspecified atom stereocenters. The van der Waals surface area contributed by atoms with Crippen LogP contribution in [0.1, 0.15) is 87.8 Å². The Labute approximate surface area is 626 Å². The number of Topliss-reactive ketones (excluding diaryl/α,β-unsaturated/α-hetero) is 1. The lowest BCUT2D eigenvalue weighted by Crippen LogP contribution is -2.37. The van der Waals surface area contributed by atoms with Crippen LogP contribution in [0.4, 0.5) is 62.3 Å². The van der Waals surface area contributed by atoms with E-state index in [0.717, 1.165) is 67.5 Å². The molecule has 0 fully saturated rings. The summed E-state index contributed by atoms with van der Waals surface area (Å²) >= 11 is 26.9. The quantitative estimate of drug-likeness (QED) is 0.0191. The number of nitrogen functional groups attached to an aromatic ring is 1. The van der Waals surface area contributed by atoms with Crippen molar-refractivity contribution in [3.63, 3.8) is 0 Å². The maximum atomic E-state index is 13.4. The number of rotatable bonds is 5. The largest absolute Gasteiger partial charge is 0.573 e. The van der Waals surface area contributed by atoms with Gasteiger partial charge in [-0.05, 0) is 178 Å². The Kier molecular flexibility index (Phi) is 32.4. The summed E-state index contributed by atoms with van der Waals surface area (Å²) in [6, 6.07) is 48.9. The van der Waals surface area contributed by atoms with Crippen molar-refractivity contribution in [2.24, 2.45) is 0 Å². The van der Waals surface area contributed by atoms with Crippen LogP contribution in [0.25, 0.3) is 0 Å². The third-order valence-electron chi connectivity index (χ3n) is 14.5. The summed E-state index contributed by atoms with van der Waals surface area (Å²) in [7, 11) is -5.84. The van der Waals surface area contributed by atoms with Crippen molar-refractivity contribution >= 4 is 119 Å². The summed E-state index contributed by atoms with van der Waals surface area (Å²) in [6.45, 7) is 10.6. The first kappa shape index (κ1) is 90.1.